The van der Waals surface area contributed by atoms with Crippen LogP contribution in [-0.4, -0.2) is 27.3 Å². The normalized spacial score (nSPS) is 12.9. The third-order valence-electron chi connectivity index (χ3n) is 3.21. The molecule has 0 fully saturated rings. The van der Waals surface area contributed by atoms with Gasteiger partial charge in [0.15, 0.2) is 0 Å². The summed E-state index contributed by atoms with van der Waals surface area (Å²) in [7, 11) is 0. The highest BCUT2D eigenvalue weighted by Gasteiger charge is 2.14. The number of halogens is 1. The van der Waals surface area contributed by atoms with Crippen LogP contribution in [0.2, 0.25) is 5.02 Å². The van der Waals surface area contributed by atoms with Gasteiger partial charge in [0, 0.05) is 19.1 Å². The summed E-state index contributed by atoms with van der Waals surface area (Å²) in [6.45, 7) is 10.3. The van der Waals surface area contributed by atoms with Crippen LogP contribution in [0.1, 0.15) is 45.5 Å². The first-order valence-electron chi connectivity index (χ1n) is 7.19. The largest absolute Gasteiger partial charge is 0.309 e. The maximum atomic E-state index is 6.39. The van der Waals surface area contributed by atoms with E-state index in [0.29, 0.717) is 6.04 Å². The van der Waals surface area contributed by atoms with Crippen LogP contribution in [0.5, 0.6) is 0 Å². The molecule has 0 aliphatic carbocycles. The van der Waals surface area contributed by atoms with Gasteiger partial charge in [-0.2, -0.15) is 16.9 Å². The van der Waals surface area contributed by atoms with E-state index in [1.165, 1.54) is 17.9 Å². The van der Waals surface area contributed by atoms with Crippen molar-refractivity contribution in [3.63, 3.8) is 0 Å². The third-order valence-corrected chi connectivity index (χ3v) is 4.58. The molecule has 1 aromatic heterocycles. The maximum Gasteiger partial charge on any atom is 0.0863 e. The Labute approximate surface area is 126 Å². The smallest absolute Gasteiger partial charge is 0.0863 e. The molecule has 1 N–H and O–H groups in total. The molecule has 3 nitrogen and oxygen atoms in total. The molecule has 0 saturated heterocycles. The van der Waals surface area contributed by atoms with E-state index in [-0.39, 0.29) is 0 Å². The molecule has 1 aromatic rings. The summed E-state index contributed by atoms with van der Waals surface area (Å²) >= 11 is 8.38. The van der Waals surface area contributed by atoms with Crippen LogP contribution in [0.15, 0.2) is 0 Å². The number of hydrogen-bond acceptors (Lipinski definition) is 3. The number of nitrogens with zero attached hydrogens (tertiary/aromatic N) is 2. The molecule has 110 valence electrons. The van der Waals surface area contributed by atoms with E-state index in [4.69, 9.17) is 11.6 Å². The number of hydrogen-bond donors (Lipinski definition) is 1. The average Bonchev–Trinajstić information content (AvgIpc) is 2.72. The summed E-state index contributed by atoms with van der Waals surface area (Å²) in [6, 6.07) is 0.514. The van der Waals surface area contributed by atoms with Crippen LogP contribution >= 0.6 is 23.4 Å². The van der Waals surface area contributed by atoms with E-state index in [2.05, 4.69) is 38.1 Å². The minimum atomic E-state index is 0.514. The van der Waals surface area contributed by atoms with E-state index < -0.39 is 0 Å². The van der Waals surface area contributed by atoms with Gasteiger partial charge in [0.2, 0.25) is 0 Å². The maximum absolute atomic E-state index is 6.39. The van der Waals surface area contributed by atoms with Crippen LogP contribution in [0.4, 0.5) is 0 Å². The van der Waals surface area contributed by atoms with Crippen molar-refractivity contribution in [2.45, 2.75) is 59.7 Å². The molecule has 0 bridgehead atoms. The highest BCUT2D eigenvalue weighted by Crippen LogP contribution is 2.21. The molecule has 0 saturated carbocycles. The van der Waals surface area contributed by atoms with Crippen molar-refractivity contribution in [3.05, 3.63) is 16.4 Å². The Bertz CT molecular complexity index is 379. The van der Waals surface area contributed by atoms with Gasteiger partial charge >= 0.3 is 0 Å². The second-order valence-corrected chi connectivity index (χ2v) is 6.42. The Morgan fingerprint density at radius 1 is 1.37 bits per heavy atom. The lowest BCUT2D eigenvalue weighted by Crippen LogP contribution is -2.27. The Morgan fingerprint density at radius 3 is 2.68 bits per heavy atom. The van der Waals surface area contributed by atoms with Crippen LogP contribution < -0.4 is 5.32 Å². The lowest BCUT2D eigenvalue weighted by molar-refractivity contribution is 0.508. The predicted molar refractivity (Wildman–Crippen MR) is 86.2 cm³/mol. The summed E-state index contributed by atoms with van der Waals surface area (Å²) < 4.78 is 2.02. The summed E-state index contributed by atoms with van der Waals surface area (Å²) in [5.74, 6) is 2.41. The number of nitrogens with one attached hydrogen (secondary N) is 1. The lowest BCUT2D eigenvalue weighted by atomic mass is 10.2. The molecule has 0 spiro atoms. The molecular formula is C14H26ClN3S. The second kappa shape index (κ2) is 8.88. The number of thioether (sulfide) groups is 1. The van der Waals surface area contributed by atoms with Gasteiger partial charge in [-0.25, -0.2) is 0 Å². The molecule has 0 aliphatic rings. The first-order chi connectivity index (χ1) is 9.13. The molecule has 5 heteroatoms. The first kappa shape index (κ1) is 16.9. The van der Waals surface area contributed by atoms with Crippen LogP contribution in [0.25, 0.3) is 0 Å². The zero-order valence-corrected chi connectivity index (χ0v) is 14.1. The number of aromatic nitrogens is 2. The van der Waals surface area contributed by atoms with Crippen molar-refractivity contribution < 1.29 is 0 Å². The quantitative estimate of drug-likeness (QED) is 0.705. The van der Waals surface area contributed by atoms with E-state index in [1.807, 2.05) is 16.4 Å². The molecule has 19 heavy (non-hydrogen) atoms. The summed E-state index contributed by atoms with van der Waals surface area (Å²) in [5, 5.41) is 8.93. The van der Waals surface area contributed by atoms with Crippen molar-refractivity contribution in [3.8, 4) is 0 Å². The van der Waals surface area contributed by atoms with Gasteiger partial charge < -0.3 is 5.32 Å². The minimum Gasteiger partial charge on any atom is -0.309 e. The van der Waals surface area contributed by atoms with Crippen LogP contribution in [0, 0.1) is 0 Å². The van der Waals surface area contributed by atoms with Crippen molar-refractivity contribution in [1.82, 2.24) is 15.1 Å². The van der Waals surface area contributed by atoms with E-state index >= 15 is 0 Å². The molecule has 1 unspecified atom stereocenters. The fraction of sp³-hybridized carbons (Fsp3) is 0.786. The molecule has 0 aliphatic heterocycles. The summed E-state index contributed by atoms with van der Waals surface area (Å²) in [5.41, 5.74) is 2.13. The molecule has 0 aromatic carbocycles. The molecule has 1 atom stereocenters. The van der Waals surface area contributed by atoms with Gasteiger partial charge in [0.1, 0.15) is 0 Å². The van der Waals surface area contributed by atoms with E-state index in [0.717, 1.165) is 35.9 Å². The lowest BCUT2D eigenvalue weighted by Gasteiger charge is -2.14. The van der Waals surface area contributed by atoms with E-state index in [9.17, 15) is 0 Å². The molecule has 1 rings (SSSR count). The van der Waals surface area contributed by atoms with Gasteiger partial charge in [-0.3, -0.25) is 4.68 Å². The van der Waals surface area contributed by atoms with Crippen LogP contribution in [0.3, 0.4) is 0 Å². The topological polar surface area (TPSA) is 29.9 Å². The minimum absolute atomic E-state index is 0.514. The van der Waals surface area contributed by atoms with E-state index in [1.54, 1.807) is 0 Å². The van der Waals surface area contributed by atoms with Crippen molar-refractivity contribution in [2.75, 3.05) is 11.5 Å². The molecule has 1 heterocycles. The third kappa shape index (κ3) is 5.01. The van der Waals surface area contributed by atoms with Crippen molar-refractivity contribution in [2.24, 2.45) is 0 Å². The summed E-state index contributed by atoms with van der Waals surface area (Å²) in [6.07, 6.45) is 2.08. The van der Waals surface area contributed by atoms with Gasteiger partial charge in [0.25, 0.3) is 0 Å². The summed E-state index contributed by atoms with van der Waals surface area (Å²) in [4.78, 5) is 0. The Kier molecular flexibility index (Phi) is 7.88. The Morgan fingerprint density at radius 2 is 2.11 bits per heavy atom. The molecular weight excluding hydrogens is 278 g/mol. The fourth-order valence-corrected chi connectivity index (χ4v) is 3.11. The second-order valence-electron chi connectivity index (χ2n) is 4.64. The fourth-order valence-electron chi connectivity index (χ4n) is 1.96. The standard InChI is InChI=1S/C14H26ClN3S/c1-5-12-14(15)13(18(6-2)17-12)10-16-11(4)8-9-19-7-3/h11,16H,5-10H2,1-4H3. The predicted octanol–water partition coefficient (Wildman–Crippen LogP) is 3.74. The SMILES string of the molecule is CCSCCC(C)NCc1c(Cl)c(CC)nn1CC. The zero-order valence-electron chi connectivity index (χ0n) is 12.5. The average molecular weight is 304 g/mol. The molecule has 0 radical (unpaired) electrons. The highest BCUT2D eigenvalue weighted by atomic mass is 35.5. The molecule has 0 amide bonds. The first-order valence-corrected chi connectivity index (χ1v) is 8.72. The number of aryl methyl sites for hydroxylation is 2. The zero-order chi connectivity index (χ0) is 14.3. The highest BCUT2D eigenvalue weighted by molar-refractivity contribution is 7.99. The van der Waals surface area contributed by atoms with Crippen molar-refractivity contribution >= 4 is 23.4 Å². The Balaban J connectivity index is 2.54. The van der Waals surface area contributed by atoms with Gasteiger partial charge in [-0.15, -0.1) is 0 Å². The van der Waals surface area contributed by atoms with Gasteiger partial charge in [-0.05, 0) is 38.2 Å². The van der Waals surface area contributed by atoms with Crippen molar-refractivity contribution in [1.29, 1.82) is 0 Å². The number of rotatable bonds is 9. The van der Waals surface area contributed by atoms with Gasteiger partial charge in [-0.1, -0.05) is 25.4 Å². The van der Waals surface area contributed by atoms with Crippen LogP contribution in [-0.2, 0) is 19.5 Å². The monoisotopic (exact) mass is 303 g/mol. The van der Waals surface area contributed by atoms with Gasteiger partial charge in [0.05, 0.1) is 16.4 Å². The Hall–Kier alpha value is -0.190.